The lowest BCUT2D eigenvalue weighted by Gasteiger charge is -2.10. The second-order valence-electron chi connectivity index (χ2n) is 2.98. The molecule has 0 spiro atoms. The van der Waals surface area contributed by atoms with Crippen LogP contribution in [0.4, 0.5) is 8.78 Å². The van der Waals surface area contributed by atoms with Crippen molar-refractivity contribution < 1.29 is 8.78 Å². The van der Waals surface area contributed by atoms with Crippen molar-refractivity contribution in [2.24, 2.45) is 0 Å². The van der Waals surface area contributed by atoms with Gasteiger partial charge in [0.05, 0.1) is 0 Å². The maximum atomic E-state index is 12.2. The molecular formula is C10H13F2N. The molecule has 0 aliphatic carbocycles. The molecule has 0 aromatic heterocycles. The third-order valence-corrected chi connectivity index (χ3v) is 2.12. The SMILES string of the molecule is CN[C@@H](C)c1ccc(C(F)F)cc1. The number of benzene rings is 1. The highest BCUT2D eigenvalue weighted by Gasteiger charge is 2.07. The van der Waals surface area contributed by atoms with Crippen LogP contribution in [0.2, 0.25) is 0 Å². The van der Waals surface area contributed by atoms with Crippen LogP contribution < -0.4 is 5.32 Å². The maximum absolute atomic E-state index is 12.2. The van der Waals surface area contributed by atoms with E-state index in [0.717, 1.165) is 5.56 Å². The van der Waals surface area contributed by atoms with Gasteiger partial charge in [0.1, 0.15) is 0 Å². The molecule has 1 aromatic carbocycles. The predicted octanol–water partition coefficient (Wildman–Crippen LogP) is 2.90. The summed E-state index contributed by atoms with van der Waals surface area (Å²) in [5, 5.41) is 3.04. The molecule has 0 amide bonds. The molecule has 0 fully saturated rings. The van der Waals surface area contributed by atoms with E-state index in [-0.39, 0.29) is 11.6 Å². The first-order chi connectivity index (χ1) is 6.15. The molecule has 0 radical (unpaired) electrons. The molecule has 0 aliphatic heterocycles. The largest absolute Gasteiger partial charge is 0.313 e. The highest BCUT2D eigenvalue weighted by Crippen LogP contribution is 2.20. The summed E-state index contributed by atoms with van der Waals surface area (Å²) in [5.41, 5.74) is 1.10. The molecule has 72 valence electrons. The molecule has 1 N–H and O–H groups in total. The van der Waals surface area contributed by atoms with E-state index >= 15 is 0 Å². The Labute approximate surface area is 76.8 Å². The third kappa shape index (κ3) is 2.49. The molecule has 0 saturated heterocycles. The maximum Gasteiger partial charge on any atom is 0.263 e. The zero-order valence-electron chi connectivity index (χ0n) is 7.72. The van der Waals surface area contributed by atoms with Gasteiger partial charge in [-0.05, 0) is 19.5 Å². The molecule has 0 bridgehead atoms. The highest BCUT2D eigenvalue weighted by molar-refractivity contribution is 5.25. The lowest BCUT2D eigenvalue weighted by molar-refractivity contribution is 0.151. The standard InChI is InChI=1S/C10H13F2N/c1-7(13-2)8-3-5-9(6-4-8)10(11)12/h3-7,10,13H,1-2H3/t7-/m0/s1. The van der Waals surface area contributed by atoms with Crippen LogP contribution in [0.25, 0.3) is 0 Å². The minimum Gasteiger partial charge on any atom is -0.313 e. The Morgan fingerprint density at radius 2 is 1.54 bits per heavy atom. The first-order valence-electron chi connectivity index (χ1n) is 4.20. The Bertz CT molecular complexity index is 256. The average molecular weight is 185 g/mol. The smallest absolute Gasteiger partial charge is 0.263 e. The van der Waals surface area contributed by atoms with Crippen molar-refractivity contribution in [3.8, 4) is 0 Å². The summed E-state index contributed by atoms with van der Waals surface area (Å²) in [7, 11) is 1.84. The van der Waals surface area contributed by atoms with E-state index < -0.39 is 6.43 Å². The van der Waals surface area contributed by atoms with Crippen LogP contribution >= 0.6 is 0 Å². The summed E-state index contributed by atoms with van der Waals surface area (Å²) in [4.78, 5) is 0. The van der Waals surface area contributed by atoms with E-state index in [4.69, 9.17) is 0 Å². The molecule has 0 saturated carbocycles. The molecule has 1 rings (SSSR count). The number of nitrogens with one attached hydrogen (secondary N) is 1. The van der Waals surface area contributed by atoms with Gasteiger partial charge in [-0.1, -0.05) is 24.3 Å². The number of hydrogen-bond donors (Lipinski definition) is 1. The van der Waals surface area contributed by atoms with Gasteiger partial charge in [-0.3, -0.25) is 0 Å². The fraction of sp³-hybridized carbons (Fsp3) is 0.400. The Balaban J connectivity index is 2.81. The Kier molecular flexibility index (Phi) is 3.37. The molecule has 1 nitrogen and oxygen atoms in total. The molecule has 3 heteroatoms. The number of halogens is 2. The van der Waals surface area contributed by atoms with Crippen molar-refractivity contribution in [1.82, 2.24) is 5.32 Å². The van der Waals surface area contributed by atoms with Crippen LogP contribution in [0.15, 0.2) is 24.3 Å². The van der Waals surface area contributed by atoms with Crippen LogP contribution in [-0.2, 0) is 0 Å². The van der Waals surface area contributed by atoms with Crippen molar-refractivity contribution in [3.63, 3.8) is 0 Å². The van der Waals surface area contributed by atoms with Gasteiger partial charge in [0.15, 0.2) is 0 Å². The lowest BCUT2D eigenvalue weighted by atomic mass is 10.1. The summed E-state index contributed by atoms with van der Waals surface area (Å²) in [6.07, 6.45) is -2.38. The van der Waals surface area contributed by atoms with Crippen LogP contribution in [0.3, 0.4) is 0 Å². The van der Waals surface area contributed by atoms with Crippen molar-refractivity contribution in [2.75, 3.05) is 7.05 Å². The summed E-state index contributed by atoms with van der Waals surface area (Å²) in [5.74, 6) is 0. The second-order valence-corrected chi connectivity index (χ2v) is 2.98. The van der Waals surface area contributed by atoms with Crippen LogP contribution in [0, 0.1) is 0 Å². The Hall–Kier alpha value is -0.960. The predicted molar refractivity (Wildman–Crippen MR) is 48.9 cm³/mol. The quantitative estimate of drug-likeness (QED) is 0.763. The average Bonchev–Trinajstić information content (AvgIpc) is 2.17. The minimum atomic E-state index is -2.38. The second kappa shape index (κ2) is 4.33. The van der Waals surface area contributed by atoms with Crippen LogP contribution in [0.1, 0.15) is 30.5 Å². The number of hydrogen-bond acceptors (Lipinski definition) is 1. The van der Waals surface area contributed by atoms with E-state index in [1.807, 2.05) is 14.0 Å². The normalized spacial score (nSPS) is 13.3. The molecule has 0 heterocycles. The van der Waals surface area contributed by atoms with Gasteiger partial charge >= 0.3 is 0 Å². The molecule has 1 aromatic rings. The first kappa shape index (κ1) is 10.1. The van der Waals surface area contributed by atoms with Gasteiger partial charge < -0.3 is 5.32 Å². The molecule has 13 heavy (non-hydrogen) atoms. The molecule has 1 atom stereocenters. The van der Waals surface area contributed by atoms with Gasteiger partial charge in [-0.25, -0.2) is 8.78 Å². The van der Waals surface area contributed by atoms with Crippen LogP contribution in [0.5, 0.6) is 0 Å². The summed E-state index contributed by atoms with van der Waals surface area (Å²) in [6.45, 7) is 1.98. The summed E-state index contributed by atoms with van der Waals surface area (Å²) < 4.78 is 24.3. The Morgan fingerprint density at radius 3 is 1.92 bits per heavy atom. The van der Waals surface area contributed by atoms with Gasteiger partial charge in [0.2, 0.25) is 0 Å². The zero-order valence-corrected chi connectivity index (χ0v) is 7.72. The monoisotopic (exact) mass is 185 g/mol. The first-order valence-corrected chi connectivity index (χ1v) is 4.20. The van der Waals surface area contributed by atoms with Crippen molar-refractivity contribution in [3.05, 3.63) is 35.4 Å². The van der Waals surface area contributed by atoms with E-state index in [1.165, 1.54) is 12.1 Å². The molecule has 0 unspecified atom stereocenters. The zero-order chi connectivity index (χ0) is 9.84. The Morgan fingerprint density at radius 1 is 1.08 bits per heavy atom. The fourth-order valence-corrected chi connectivity index (χ4v) is 1.10. The van der Waals surface area contributed by atoms with Crippen molar-refractivity contribution >= 4 is 0 Å². The highest BCUT2D eigenvalue weighted by atomic mass is 19.3. The number of alkyl halides is 2. The van der Waals surface area contributed by atoms with E-state index in [1.54, 1.807) is 12.1 Å². The van der Waals surface area contributed by atoms with Gasteiger partial charge in [0, 0.05) is 11.6 Å². The van der Waals surface area contributed by atoms with E-state index in [0.29, 0.717) is 0 Å². The van der Waals surface area contributed by atoms with Gasteiger partial charge in [-0.15, -0.1) is 0 Å². The third-order valence-electron chi connectivity index (χ3n) is 2.12. The molecule has 0 aliphatic rings. The number of rotatable bonds is 3. The van der Waals surface area contributed by atoms with Crippen LogP contribution in [-0.4, -0.2) is 7.05 Å². The van der Waals surface area contributed by atoms with E-state index in [9.17, 15) is 8.78 Å². The van der Waals surface area contributed by atoms with Crippen molar-refractivity contribution in [2.45, 2.75) is 19.4 Å². The van der Waals surface area contributed by atoms with Gasteiger partial charge in [0.25, 0.3) is 6.43 Å². The summed E-state index contributed by atoms with van der Waals surface area (Å²) in [6, 6.07) is 6.58. The van der Waals surface area contributed by atoms with E-state index in [2.05, 4.69) is 5.32 Å². The van der Waals surface area contributed by atoms with Gasteiger partial charge in [-0.2, -0.15) is 0 Å². The fourth-order valence-electron chi connectivity index (χ4n) is 1.10. The topological polar surface area (TPSA) is 12.0 Å². The summed E-state index contributed by atoms with van der Waals surface area (Å²) >= 11 is 0. The molecular weight excluding hydrogens is 172 g/mol. The minimum absolute atomic E-state index is 0.0760. The lowest BCUT2D eigenvalue weighted by Crippen LogP contribution is -2.11. The van der Waals surface area contributed by atoms with Crippen molar-refractivity contribution in [1.29, 1.82) is 0 Å².